The molecule has 1 aliphatic carbocycles. The third kappa shape index (κ3) is 7.02. The number of aryl methyl sites for hydroxylation is 1. The highest BCUT2D eigenvalue weighted by Gasteiger charge is 2.21. The molecular formula is C32H38ClFN6O2. The predicted octanol–water partition coefficient (Wildman–Crippen LogP) is 7.34. The lowest BCUT2D eigenvalue weighted by Crippen LogP contribution is -2.25. The lowest BCUT2D eigenvalue weighted by atomic mass is 9.95. The molecule has 0 radical (unpaired) electrons. The highest BCUT2D eigenvalue weighted by molar-refractivity contribution is 6.33. The van der Waals surface area contributed by atoms with Crippen molar-refractivity contribution in [3.63, 3.8) is 0 Å². The largest absolute Gasteiger partial charge is 0.475 e. The smallest absolute Gasteiger partial charge is 0.213 e. The van der Waals surface area contributed by atoms with Crippen LogP contribution in [0.1, 0.15) is 63.5 Å². The molecule has 10 heteroatoms. The number of halogens is 2. The van der Waals surface area contributed by atoms with Crippen LogP contribution < -0.4 is 15.8 Å². The number of fused-ring (bicyclic) bond motifs is 1. The van der Waals surface area contributed by atoms with Gasteiger partial charge in [0.05, 0.1) is 40.3 Å². The van der Waals surface area contributed by atoms with Crippen molar-refractivity contribution < 1.29 is 13.9 Å². The number of hydrogen-bond acceptors (Lipinski definition) is 6. The monoisotopic (exact) mass is 592 g/mol. The molecule has 0 saturated heterocycles. The first-order chi connectivity index (χ1) is 20.5. The number of pyridine rings is 1. The number of hydrogen-bond donors (Lipinski definition) is 2. The number of nitrogens with zero attached hydrogens (tertiary/aromatic N) is 4. The van der Waals surface area contributed by atoms with Crippen molar-refractivity contribution in [1.82, 2.24) is 14.6 Å². The van der Waals surface area contributed by atoms with Crippen LogP contribution in [0.15, 0.2) is 53.9 Å². The van der Waals surface area contributed by atoms with Gasteiger partial charge in [-0.05, 0) is 49.4 Å². The highest BCUT2D eigenvalue weighted by Crippen LogP contribution is 2.34. The van der Waals surface area contributed by atoms with Gasteiger partial charge >= 0.3 is 0 Å². The summed E-state index contributed by atoms with van der Waals surface area (Å²) in [6.07, 6.45) is 13.1. The number of aromatic nitrogens is 3. The van der Waals surface area contributed by atoms with Crippen LogP contribution in [0.5, 0.6) is 5.88 Å². The predicted molar refractivity (Wildman–Crippen MR) is 167 cm³/mol. The zero-order valence-corrected chi connectivity index (χ0v) is 25.0. The van der Waals surface area contributed by atoms with E-state index in [9.17, 15) is 4.39 Å². The van der Waals surface area contributed by atoms with E-state index in [1.54, 1.807) is 6.20 Å². The van der Waals surface area contributed by atoms with E-state index >= 15 is 0 Å². The third-order valence-corrected chi connectivity index (χ3v) is 7.82. The Hall–Kier alpha value is -3.69. The second-order valence-corrected chi connectivity index (χ2v) is 11.0. The summed E-state index contributed by atoms with van der Waals surface area (Å²) in [4.78, 5) is 9.06. The van der Waals surface area contributed by atoms with Gasteiger partial charge in [-0.15, -0.1) is 0 Å². The average Bonchev–Trinajstić information content (AvgIpc) is 3.44. The van der Waals surface area contributed by atoms with E-state index in [2.05, 4.69) is 40.3 Å². The van der Waals surface area contributed by atoms with Crippen LogP contribution in [0.25, 0.3) is 16.6 Å². The quantitative estimate of drug-likeness (QED) is 0.101. The summed E-state index contributed by atoms with van der Waals surface area (Å²) in [5.41, 5.74) is 12.3. The van der Waals surface area contributed by atoms with Crippen molar-refractivity contribution in [1.29, 1.82) is 0 Å². The van der Waals surface area contributed by atoms with Crippen LogP contribution in [-0.2, 0) is 11.2 Å². The summed E-state index contributed by atoms with van der Waals surface area (Å²) in [7, 11) is 0. The van der Waals surface area contributed by atoms with Gasteiger partial charge in [0, 0.05) is 48.3 Å². The second kappa shape index (κ2) is 14.0. The van der Waals surface area contributed by atoms with E-state index in [0.29, 0.717) is 35.7 Å². The normalized spacial score (nSPS) is 14.4. The standard InChI is InChI=1S/C32H38ClFN6O2/c1-3-12-41-13-14-42-30-16-21(4-2)25(18-36-30)22-15-29-31(38-24-8-6-5-7-9-24)26(19-37-40(29)20-22)32(35)39-28-17-23(34)10-11-27(28)33/h10-11,15-20,24,38H,3-9,12-14H2,1-2H3,(H2,35,39). The molecule has 0 atom stereocenters. The Labute approximate surface area is 251 Å². The maximum Gasteiger partial charge on any atom is 0.213 e. The Kier molecular flexibility index (Phi) is 9.92. The Bertz CT molecular complexity index is 1550. The van der Waals surface area contributed by atoms with Crippen LogP contribution in [0.4, 0.5) is 15.8 Å². The molecule has 42 heavy (non-hydrogen) atoms. The molecule has 0 spiro atoms. The maximum atomic E-state index is 13.9. The molecule has 1 aliphatic rings. The topological polar surface area (TPSA) is 99.1 Å². The van der Waals surface area contributed by atoms with Gasteiger partial charge in [-0.25, -0.2) is 18.9 Å². The number of ether oxygens (including phenoxy) is 2. The van der Waals surface area contributed by atoms with Crippen LogP contribution in [0, 0.1) is 5.82 Å². The highest BCUT2D eigenvalue weighted by atomic mass is 35.5. The minimum atomic E-state index is -0.433. The molecule has 3 heterocycles. The lowest BCUT2D eigenvalue weighted by Gasteiger charge is -2.25. The molecule has 0 bridgehead atoms. The first kappa shape index (κ1) is 29.8. The van der Waals surface area contributed by atoms with E-state index in [1.165, 1.54) is 37.5 Å². The first-order valence-electron chi connectivity index (χ1n) is 14.7. The van der Waals surface area contributed by atoms with E-state index in [1.807, 2.05) is 23.0 Å². The summed E-state index contributed by atoms with van der Waals surface area (Å²) in [6.45, 7) is 5.91. The van der Waals surface area contributed by atoms with Gasteiger partial charge in [0.1, 0.15) is 18.3 Å². The molecule has 222 valence electrons. The molecule has 3 aromatic heterocycles. The molecule has 0 unspecified atom stereocenters. The van der Waals surface area contributed by atoms with Gasteiger partial charge in [-0.3, -0.25) is 0 Å². The molecular weight excluding hydrogens is 555 g/mol. The zero-order chi connectivity index (χ0) is 29.5. The molecule has 0 amide bonds. The van der Waals surface area contributed by atoms with Crippen LogP contribution in [0.2, 0.25) is 5.02 Å². The maximum absolute atomic E-state index is 13.9. The first-order valence-corrected chi connectivity index (χ1v) is 15.1. The average molecular weight is 593 g/mol. The summed E-state index contributed by atoms with van der Waals surface area (Å²) >= 11 is 6.29. The summed E-state index contributed by atoms with van der Waals surface area (Å²) in [5, 5.41) is 8.74. The van der Waals surface area contributed by atoms with Gasteiger partial charge in [0.25, 0.3) is 0 Å². The van der Waals surface area contributed by atoms with E-state index < -0.39 is 5.82 Å². The Morgan fingerprint density at radius 3 is 2.74 bits per heavy atom. The van der Waals surface area contributed by atoms with E-state index in [0.717, 1.165) is 60.2 Å². The molecule has 4 aromatic rings. The molecule has 3 N–H and O–H groups in total. The van der Waals surface area contributed by atoms with Crippen molar-refractivity contribution in [2.24, 2.45) is 10.7 Å². The Balaban J connectivity index is 1.51. The number of benzene rings is 1. The number of amidine groups is 1. The Morgan fingerprint density at radius 1 is 1.12 bits per heavy atom. The van der Waals surface area contributed by atoms with Crippen molar-refractivity contribution in [3.05, 3.63) is 70.9 Å². The number of nitrogens with two attached hydrogens (primary N) is 1. The second-order valence-electron chi connectivity index (χ2n) is 10.6. The van der Waals surface area contributed by atoms with Gasteiger partial charge < -0.3 is 20.5 Å². The van der Waals surface area contributed by atoms with E-state index in [4.69, 9.17) is 26.8 Å². The van der Waals surface area contributed by atoms with Crippen molar-refractivity contribution >= 4 is 34.3 Å². The van der Waals surface area contributed by atoms with Crippen LogP contribution >= 0.6 is 11.6 Å². The van der Waals surface area contributed by atoms with Crippen LogP contribution in [-0.4, -0.2) is 46.3 Å². The minimum Gasteiger partial charge on any atom is -0.475 e. The molecule has 5 rings (SSSR count). The van der Waals surface area contributed by atoms with Crippen LogP contribution in [0.3, 0.4) is 0 Å². The zero-order valence-electron chi connectivity index (χ0n) is 24.2. The Morgan fingerprint density at radius 2 is 1.95 bits per heavy atom. The molecule has 1 fully saturated rings. The number of nitrogens with one attached hydrogen (secondary N) is 1. The van der Waals surface area contributed by atoms with Gasteiger partial charge in [-0.2, -0.15) is 5.10 Å². The fourth-order valence-electron chi connectivity index (χ4n) is 5.32. The van der Waals surface area contributed by atoms with Gasteiger partial charge in [0.2, 0.25) is 5.88 Å². The molecule has 0 aliphatic heterocycles. The van der Waals surface area contributed by atoms with Gasteiger partial charge in [-0.1, -0.05) is 44.7 Å². The van der Waals surface area contributed by atoms with E-state index in [-0.39, 0.29) is 11.5 Å². The van der Waals surface area contributed by atoms with Crippen molar-refractivity contribution in [2.75, 3.05) is 25.1 Å². The van der Waals surface area contributed by atoms with Crippen molar-refractivity contribution in [3.8, 4) is 17.0 Å². The SMILES string of the molecule is CCCOCCOc1cc(CC)c(-c2cc3c(NC4CCCCC4)c(C(N)=Nc4cc(F)ccc4Cl)cnn3c2)cn1. The lowest BCUT2D eigenvalue weighted by molar-refractivity contribution is 0.0990. The molecule has 1 saturated carbocycles. The number of aliphatic imine (C=N–C) groups is 1. The summed E-state index contributed by atoms with van der Waals surface area (Å²) in [6, 6.07) is 8.43. The minimum absolute atomic E-state index is 0.207. The fourth-order valence-corrected chi connectivity index (χ4v) is 5.48. The van der Waals surface area contributed by atoms with Gasteiger partial charge in [0.15, 0.2) is 0 Å². The number of rotatable bonds is 12. The van der Waals surface area contributed by atoms with Crippen molar-refractivity contribution in [2.45, 2.75) is 64.8 Å². The fraction of sp³-hybridized carbons (Fsp3) is 0.406. The molecule has 1 aromatic carbocycles. The summed E-state index contributed by atoms with van der Waals surface area (Å²) < 4.78 is 27.1. The molecule has 8 nitrogen and oxygen atoms in total. The summed E-state index contributed by atoms with van der Waals surface area (Å²) in [5.74, 6) is 0.358. The third-order valence-electron chi connectivity index (χ3n) is 7.50. The number of anilines is 1.